The molecule has 0 aliphatic carbocycles. The molecule has 0 atom stereocenters. The van der Waals surface area contributed by atoms with Gasteiger partial charge in [-0.3, -0.25) is 4.79 Å². The van der Waals surface area contributed by atoms with Crippen molar-refractivity contribution < 1.29 is 9.53 Å². The number of rotatable bonds is 5. The number of hydrogen-bond donors (Lipinski definition) is 2. The standard InChI is InChI=1S/C13H20N2O2/c1-4-13(2,3)15-12(16)9-17-11-8-6-5-7-10(11)14/h5-8H,4,9,14H2,1-3H3,(H,15,16). The van der Waals surface area contributed by atoms with Crippen molar-refractivity contribution in [2.45, 2.75) is 32.7 Å². The van der Waals surface area contributed by atoms with Crippen molar-refractivity contribution in [3.8, 4) is 5.75 Å². The van der Waals surface area contributed by atoms with Crippen molar-refractivity contribution in [1.29, 1.82) is 0 Å². The Hall–Kier alpha value is -1.71. The summed E-state index contributed by atoms with van der Waals surface area (Å²) in [5.74, 6) is 0.400. The van der Waals surface area contributed by atoms with Crippen LogP contribution in [-0.2, 0) is 4.79 Å². The fourth-order valence-corrected chi connectivity index (χ4v) is 1.26. The number of ether oxygens (including phenoxy) is 1. The van der Waals surface area contributed by atoms with Crippen molar-refractivity contribution in [3.63, 3.8) is 0 Å². The maximum absolute atomic E-state index is 11.6. The molecule has 0 spiro atoms. The van der Waals surface area contributed by atoms with Crippen LogP contribution >= 0.6 is 0 Å². The first kappa shape index (κ1) is 13.4. The number of nitrogen functional groups attached to an aromatic ring is 1. The summed E-state index contributed by atoms with van der Waals surface area (Å²) in [5.41, 5.74) is 6.03. The lowest BCUT2D eigenvalue weighted by Crippen LogP contribution is -2.44. The Balaban J connectivity index is 2.47. The van der Waals surface area contributed by atoms with Gasteiger partial charge in [0.2, 0.25) is 0 Å². The van der Waals surface area contributed by atoms with Crippen molar-refractivity contribution in [3.05, 3.63) is 24.3 Å². The van der Waals surface area contributed by atoms with E-state index < -0.39 is 0 Å². The maximum Gasteiger partial charge on any atom is 0.258 e. The SMILES string of the molecule is CCC(C)(C)NC(=O)COc1ccccc1N. The zero-order valence-corrected chi connectivity index (χ0v) is 10.6. The van der Waals surface area contributed by atoms with Gasteiger partial charge in [-0.25, -0.2) is 0 Å². The van der Waals surface area contributed by atoms with Crippen molar-refractivity contribution in [2.75, 3.05) is 12.3 Å². The quantitative estimate of drug-likeness (QED) is 0.768. The third kappa shape index (κ3) is 4.34. The van der Waals surface area contributed by atoms with Gasteiger partial charge in [0, 0.05) is 5.54 Å². The number of amides is 1. The predicted octanol–water partition coefficient (Wildman–Crippen LogP) is 1.95. The number of carbonyl (C=O) groups excluding carboxylic acids is 1. The number of para-hydroxylation sites is 2. The van der Waals surface area contributed by atoms with Crippen LogP contribution in [0.15, 0.2) is 24.3 Å². The molecular formula is C13H20N2O2. The molecule has 4 nitrogen and oxygen atoms in total. The molecule has 4 heteroatoms. The van der Waals surface area contributed by atoms with Gasteiger partial charge >= 0.3 is 0 Å². The molecule has 1 rings (SSSR count). The molecular weight excluding hydrogens is 216 g/mol. The summed E-state index contributed by atoms with van der Waals surface area (Å²) in [7, 11) is 0. The fourth-order valence-electron chi connectivity index (χ4n) is 1.26. The van der Waals surface area contributed by atoms with E-state index in [-0.39, 0.29) is 18.1 Å². The number of nitrogens with two attached hydrogens (primary N) is 1. The number of nitrogens with one attached hydrogen (secondary N) is 1. The lowest BCUT2D eigenvalue weighted by molar-refractivity contribution is -0.124. The Morgan fingerprint density at radius 3 is 2.65 bits per heavy atom. The molecule has 1 aromatic carbocycles. The largest absolute Gasteiger partial charge is 0.482 e. The van der Waals surface area contributed by atoms with Crippen LogP contribution in [0.5, 0.6) is 5.75 Å². The van der Waals surface area contributed by atoms with Gasteiger partial charge in [-0.15, -0.1) is 0 Å². The topological polar surface area (TPSA) is 64.3 Å². The van der Waals surface area contributed by atoms with Gasteiger partial charge in [-0.05, 0) is 32.4 Å². The first-order chi connectivity index (χ1) is 7.94. The Morgan fingerprint density at radius 1 is 1.41 bits per heavy atom. The number of carbonyl (C=O) groups is 1. The number of benzene rings is 1. The van der Waals surface area contributed by atoms with E-state index >= 15 is 0 Å². The smallest absolute Gasteiger partial charge is 0.258 e. The van der Waals surface area contributed by atoms with Gasteiger partial charge in [-0.1, -0.05) is 19.1 Å². The molecule has 17 heavy (non-hydrogen) atoms. The highest BCUT2D eigenvalue weighted by Gasteiger charge is 2.17. The van der Waals surface area contributed by atoms with Crippen LogP contribution in [0, 0.1) is 0 Å². The zero-order valence-electron chi connectivity index (χ0n) is 10.6. The van der Waals surface area contributed by atoms with Gasteiger partial charge in [-0.2, -0.15) is 0 Å². The lowest BCUT2D eigenvalue weighted by atomic mass is 10.0. The van der Waals surface area contributed by atoms with E-state index in [0.717, 1.165) is 6.42 Å². The second kappa shape index (κ2) is 5.57. The second-order valence-corrected chi connectivity index (χ2v) is 4.61. The van der Waals surface area contributed by atoms with Gasteiger partial charge in [0.1, 0.15) is 5.75 Å². The highest BCUT2D eigenvalue weighted by molar-refractivity contribution is 5.78. The molecule has 0 heterocycles. The summed E-state index contributed by atoms with van der Waals surface area (Å²) in [6.07, 6.45) is 0.867. The van der Waals surface area contributed by atoms with Crippen molar-refractivity contribution in [2.24, 2.45) is 0 Å². The molecule has 1 amide bonds. The molecule has 3 N–H and O–H groups in total. The molecule has 1 aromatic rings. The van der Waals surface area contributed by atoms with E-state index in [1.54, 1.807) is 12.1 Å². The average molecular weight is 236 g/mol. The van der Waals surface area contributed by atoms with Crippen molar-refractivity contribution in [1.82, 2.24) is 5.32 Å². The normalized spacial score (nSPS) is 11.0. The van der Waals surface area contributed by atoms with Crippen LogP contribution in [0.3, 0.4) is 0 Å². The third-order valence-electron chi connectivity index (χ3n) is 2.64. The summed E-state index contributed by atoms with van der Waals surface area (Å²) >= 11 is 0. The van der Waals surface area contributed by atoms with E-state index in [9.17, 15) is 4.79 Å². The van der Waals surface area contributed by atoms with E-state index in [1.165, 1.54) is 0 Å². The van der Waals surface area contributed by atoms with Gasteiger partial charge < -0.3 is 15.8 Å². The minimum Gasteiger partial charge on any atom is -0.482 e. The molecule has 0 unspecified atom stereocenters. The summed E-state index contributed by atoms with van der Waals surface area (Å²) < 4.78 is 5.35. The Labute approximate surface area is 102 Å². The molecule has 0 fully saturated rings. The van der Waals surface area contributed by atoms with Crippen LogP contribution in [0.25, 0.3) is 0 Å². The molecule has 94 valence electrons. The van der Waals surface area contributed by atoms with Crippen molar-refractivity contribution >= 4 is 11.6 Å². The minimum atomic E-state index is -0.206. The van der Waals surface area contributed by atoms with E-state index in [0.29, 0.717) is 11.4 Å². The van der Waals surface area contributed by atoms with E-state index in [4.69, 9.17) is 10.5 Å². The third-order valence-corrected chi connectivity index (χ3v) is 2.64. The average Bonchev–Trinajstić information content (AvgIpc) is 2.27. The summed E-state index contributed by atoms with van der Waals surface area (Å²) in [6.45, 7) is 5.96. The second-order valence-electron chi connectivity index (χ2n) is 4.61. The Kier molecular flexibility index (Phi) is 4.37. The molecule has 0 saturated heterocycles. The fraction of sp³-hybridized carbons (Fsp3) is 0.462. The van der Waals surface area contributed by atoms with Gasteiger partial charge in [0.15, 0.2) is 6.61 Å². The monoisotopic (exact) mass is 236 g/mol. The summed E-state index contributed by atoms with van der Waals surface area (Å²) in [5, 5.41) is 2.89. The first-order valence-electron chi connectivity index (χ1n) is 5.73. The summed E-state index contributed by atoms with van der Waals surface area (Å²) in [6, 6.07) is 7.12. The van der Waals surface area contributed by atoms with Crippen LogP contribution < -0.4 is 15.8 Å². The molecule has 0 saturated carbocycles. The number of hydrogen-bond acceptors (Lipinski definition) is 3. The Bertz CT molecular complexity index is 389. The van der Waals surface area contributed by atoms with Crippen LogP contribution in [0.2, 0.25) is 0 Å². The van der Waals surface area contributed by atoms with Crippen LogP contribution in [0.4, 0.5) is 5.69 Å². The first-order valence-corrected chi connectivity index (χ1v) is 5.73. The van der Waals surface area contributed by atoms with Gasteiger partial charge in [0.25, 0.3) is 5.91 Å². The van der Waals surface area contributed by atoms with E-state index in [2.05, 4.69) is 5.32 Å². The highest BCUT2D eigenvalue weighted by Crippen LogP contribution is 2.19. The molecule has 0 bridgehead atoms. The van der Waals surface area contributed by atoms with Crippen LogP contribution in [0.1, 0.15) is 27.2 Å². The summed E-state index contributed by atoms with van der Waals surface area (Å²) in [4.78, 5) is 11.6. The van der Waals surface area contributed by atoms with Gasteiger partial charge in [0.05, 0.1) is 5.69 Å². The lowest BCUT2D eigenvalue weighted by Gasteiger charge is -2.24. The predicted molar refractivity (Wildman–Crippen MR) is 68.9 cm³/mol. The zero-order chi connectivity index (χ0) is 12.9. The molecule has 0 aliphatic heterocycles. The minimum absolute atomic E-state index is 0.0162. The molecule has 0 aliphatic rings. The Morgan fingerprint density at radius 2 is 2.06 bits per heavy atom. The highest BCUT2D eigenvalue weighted by atomic mass is 16.5. The van der Waals surface area contributed by atoms with Crippen LogP contribution in [-0.4, -0.2) is 18.1 Å². The molecule has 0 radical (unpaired) electrons. The molecule has 0 aromatic heterocycles. The maximum atomic E-state index is 11.6. The number of anilines is 1. The van der Waals surface area contributed by atoms with E-state index in [1.807, 2.05) is 32.9 Å².